The van der Waals surface area contributed by atoms with Crippen LogP contribution in [0.3, 0.4) is 0 Å². The van der Waals surface area contributed by atoms with E-state index in [2.05, 4.69) is 34.7 Å². The summed E-state index contributed by atoms with van der Waals surface area (Å²) >= 11 is 5.09. The number of thiocarbonyl (C=S) groups is 1. The third-order valence-corrected chi connectivity index (χ3v) is 2.06. The molecule has 1 aromatic rings. The first kappa shape index (κ1) is 11.0. The number of nitrogens with one attached hydrogen (secondary N) is 3. The van der Waals surface area contributed by atoms with Crippen molar-refractivity contribution in [3.63, 3.8) is 0 Å². The van der Waals surface area contributed by atoms with Crippen LogP contribution in [0.1, 0.15) is 25.1 Å². The van der Waals surface area contributed by atoms with E-state index in [1.807, 2.05) is 6.92 Å². The molecule has 0 saturated heterocycles. The Bertz CT molecular complexity index is 306. The maximum atomic E-state index is 5.09. The molecule has 78 valence electrons. The van der Waals surface area contributed by atoms with Crippen molar-refractivity contribution >= 4 is 17.3 Å². The third-order valence-electron chi connectivity index (χ3n) is 1.79. The molecule has 0 fully saturated rings. The van der Waals surface area contributed by atoms with Crippen LogP contribution >= 0.6 is 12.2 Å². The van der Waals surface area contributed by atoms with Gasteiger partial charge in [-0.05, 0) is 33.0 Å². The smallest absolute Gasteiger partial charge is 0.166 e. The molecule has 0 bridgehead atoms. The van der Waals surface area contributed by atoms with E-state index in [-0.39, 0.29) is 0 Å². The van der Waals surface area contributed by atoms with Crippen LogP contribution in [-0.4, -0.2) is 21.4 Å². The summed E-state index contributed by atoms with van der Waals surface area (Å²) in [6.07, 6.45) is 1.81. The highest BCUT2D eigenvalue weighted by atomic mass is 32.1. The van der Waals surface area contributed by atoms with Crippen LogP contribution in [0.15, 0.2) is 6.20 Å². The van der Waals surface area contributed by atoms with Crippen LogP contribution in [0.4, 0.5) is 0 Å². The van der Waals surface area contributed by atoms with E-state index in [0.717, 1.165) is 11.3 Å². The molecular formula is C9H16N4S. The largest absolute Gasteiger partial charge is 0.361 e. The molecule has 1 rings (SSSR count). The van der Waals surface area contributed by atoms with Crippen molar-refractivity contribution < 1.29 is 0 Å². The highest BCUT2D eigenvalue weighted by Crippen LogP contribution is 2.00. The number of hydrogen-bond donors (Lipinski definition) is 3. The second-order valence-electron chi connectivity index (χ2n) is 3.50. The fraction of sp³-hybridized carbons (Fsp3) is 0.556. The minimum absolute atomic E-state index is 0.362. The zero-order valence-corrected chi connectivity index (χ0v) is 9.53. The Balaban J connectivity index is 2.34. The molecule has 0 amide bonds. The first-order chi connectivity index (χ1) is 6.59. The molecule has 0 aliphatic heterocycles. The standard InChI is InChI=1S/C9H16N4S/c1-6(2)12-9(14)10-4-8-5-11-13-7(8)3/h5-6H,4H2,1-3H3,(H,11,13)(H2,10,12,14). The molecule has 5 heteroatoms. The van der Waals surface area contributed by atoms with Crippen molar-refractivity contribution in [1.29, 1.82) is 0 Å². The van der Waals surface area contributed by atoms with Gasteiger partial charge < -0.3 is 10.6 Å². The molecule has 14 heavy (non-hydrogen) atoms. The van der Waals surface area contributed by atoms with Gasteiger partial charge in [-0.1, -0.05) is 0 Å². The van der Waals surface area contributed by atoms with Gasteiger partial charge in [-0.3, -0.25) is 5.10 Å². The normalized spacial score (nSPS) is 10.3. The maximum absolute atomic E-state index is 5.09. The fourth-order valence-electron chi connectivity index (χ4n) is 1.04. The molecule has 0 saturated carbocycles. The third kappa shape index (κ3) is 3.33. The van der Waals surface area contributed by atoms with Crippen molar-refractivity contribution in [2.75, 3.05) is 0 Å². The van der Waals surface area contributed by atoms with E-state index in [9.17, 15) is 0 Å². The summed E-state index contributed by atoms with van der Waals surface area (Å²) in [5, 5.41) is 13.7. The molecule has 0 radical (unpaired) electrons. The summed E-state index contributed by atoms with van der Waals surface area (Å²) in [6, 6.07) is 0.362. The van der Waals surface area contributed by atoms with Crippen LogP contribution in [0.2, 0.25) is 0 Å². The first-order valence-corrected chi connectivity index (χ1v) is 5.03. The number of aryl methyl sites for hydroxylation is 1. The lowest BCUT2D eigenvalue weighted by atomic mass is 10.3. The average Bonchev–Trinajstić information content (AvgIpc) is 2.46. The first-order valence-electron chi connectivity index (χ1n) is 4.63. The van der Waals surface area contributed by atoms with E-state index in [4.69, 9.17) is 12.2 Å². The van der Waals surface area contributed by atoms with Crippen LogP contribution in [0.25, 0.3) is 0 Å². The van der Waals surface area contributed by atoms with E-state index < -0.39 is 0 Å². The molecule has 0 spiro atoms. The molecule has 3 N–H and O–H groups in total. The van der Waals surface area contributed by atoms with Gasteiger partial charge in [-0.25, -0.2) is 0 Å². The SMILES string of the molecule is Cc1[nH]ncc1CNC(=S)NC(C)C. The van der Waals surface area contributed by atoms with Crippen molar-refractivity contribution in [3.8, 4) is 0 Å². The van der Waals surface area contributed by atoms with Crippen LogP contribution in [-0.2, 0) is 6.54 Å². The lowest BCUT2D eigenvalue weighted by molar-refractivity contribution is 0.712. The van der Waals surface area contributed by atoms with E-state index in [0.29, 0.717) is 17.7 Å². The molecule has 0 aromatic carbocycles. The van der Waals surface area contributed by atoms with E-state index in [1.165, 1.54) is 0 Å². The summed E-state index contributed by atoms with van der Waals surface area (Å²) in [5.41, 5.74) is 2.21. The topological polar surface area (TPSA) is 52.7 Å². The Morgan fingerprint density at radius 1 is 1.64 bits per heavy atom. The van der Waals surface area contributed by atoms with Gasteiger partial charge in [0.25, 0.3) is 0 Å². The van der Waals surface area contributed by atoms with Gasteiger partial charge >= 0.3 is 0 Å². The van der Waals surface area contributed by atoms with Crippen LogP contribution < -0.4 is 10.6 Å². The summed E-state index contributed by atoms with van der Waals surface area (Å²) in [6.45, 7) is 6.80. The summed E-state index contributed by atoms with van der Waals surface area (Å²) in [5.74, 6) is 0. The van der Waals surface area contributed by atoms with Crippen molar-refractivity contribution in [2.24, 2.45) is 0 Å². The average molecular weight is 212 g/mol. The second kappa shape index (κ2) is 4.95. The Hall–Kier alpha value is -1.10. The van der Waals surface area contributed by atoms with Crippen LogP contribution in [0.5, 0.6) is 0 Å². The Morgan fingerprint density at radius 3 is 2.86 bits per heavy atom. The fourth-order valence-corrected chi connectivity index (χ4v) is 1.35. The quantitative estimate of drug-likeness (QED) is 0.657. The lowest BCUT2D eigenvalue weighted by Gasteiger charge is -2.12. The monoisotopic (exact) mass is 212 g/mol. The number of aromatic nitrogens is 2. The van der Waals surface area contributed by atoms with Gasteiger partial charge in [0, 0.05) is 23.8 Å². The molecule has 0 aliphatic carbocycles. The highest BCUT2D eigenvalue weighted by Gasteiger charge is 2.01. The predicted molar refractivity (Wildman–Crippen MR) is 61.0 cm³/mol. The molecular weight excluding hydrogens is 196 g/mol. The maximum Gasteiger partial charge on any atom is 0.166 e. The van der Waals surface area contributed by atoms with Gasteiger partial charge in [0.1, 0.15) is 0 Å². The molecule has 0 aliphatic rings. The summed E-state index contributed by atoms with van der Waals surface area (Å²) < 4.78 is 0. The van der Waals surface area contributed by atoms with Crippen molar-refractivity contribution in [1.82, 2.24) is 20.8 Å². The Kier molecular flexibility index (Phi) is 3.88. The van der Waals surface area contributed by atoms with Gasteiger partial charge in [0.2, 0.25) is 0 Å². The highest BCUT2D eigenvalue weighted by molar-refractivity contribution is 7.80. The number of nitrogens with zero attached hydrogens (tertiary/aromatic N) is 1. The molecule has 0 unspecified atom stereocenters. The number of rotatable bonds is 3. The Morgan fingerprint density at radius 2 is 2.36 bits per heavy atom. The summed E-state index contributed by atoms with van der Waals surface area (Å²) in [4.78, 5) is 0. The molecule has 4 nitrogen and oxygen atoms in total. The number of aromatic amines is 1. The lowest BCUT2D eigenvalue weighted by Crippen LogP contribution is -2.38. The van der Waals surface area contributed by atoms with Gasteiger partial charge in [-0.15, -0.1) is 0 Å². The van der Waals surface area contributed by atoms with Gasteiger partial charge in [0.05, 0.1) is 6.20 Å². The van der Waals surface area contributed by atoms with Crippen molar-refractivity contribution in [3.05, 3.63) is 17.5 Å². The minimum atomic E-state index is 0.362. The Labute approximate surface area is 89.5 Å². The number of hydrogen-bond acceptors (Lipinski definition) is 2. The predicted octanol–water partition coefficient (Wildman–Crippen LogP) is 1.09. The number of H-pyrrole nitrogens is 1. The minimum Gasteiger partial charge on any atom is -0.361 e. The van der Waals surface area contributed by atoms with Gasteiger partial charge in [-0.2, -0.15) is 5.10 Å². The summed E-state index contributed by atoms with van der Waals surface area (Å²) in [7, 11) is 0. The van der Waals surface area contributed by atoms with E-state index >= 15 is 0 Å². The zero-order chi connectivity index (χ0) is 10.6. The van der Waals surface area contributed by atoms with Crippen molar-refractivity contribution in [2.45, 2.75) is 33.4 Å². The van der Waals surface area contributed by atoms with E-state index in [1.54, 1.807) is 6.20 Å². The molecule has 1 heterocycles. The zero-order valence-electron chi connectivity index (χ0n) is 8.72. The van der Waals surface area contributed by atoms with Crippen LogP contribution in [0, 0.1) is 6.92 Å². The second-order valence-corrected chi connectivity index (χ2v) is 3.91. The van der Waals surface area contributed by atoms with Gasteiger partial charge in [0.15, 0.2) is 5.11 Å². The molecule has 1 aromatic heterocycles. The molecule has 0 atom stereocenters.